The van der Waals surface area contributed by atoms with Gasteiger partial charge in [-0.05, 0) is 42.0 Å². The molecule has 0 heterocycles. The Kier molecular flexibility index (Phi) is 4.51. The predicted molar refractivity (Wildman–Crippen MR) is 80.1 cm³/mol. The summed E-state index contributed by atoms with van der Waals surface area (Å²) < 4.78 is 29.7. The molecule has 2 aromatic rings. The second kappa shape index (κ2) is 6.17. The molecular weight excluding hydrogens is 310 g/mol. The Bertz CT molecular complexity index is 793. The molecule has 0 radical (unpaired) electrons. The maximum absolute atomic E-state index is 12.3. The van der Waals surface area contributed by atoms with Crippen LogP contribution in [0.15, 0.2) is 47.4 Å². The molecule has 0 saturated heterocycles. The van der Waals surface area contributed by atoms with Gasteiger partial charge in [0.25, 0.3) is 0 Å². The molecule has 108 valence electrons. The Morgan fingerprint density at radius 3 is 2.43 bits per heavy atom. The number of hydrogen-bond acceptors (Lipinski definition) is 4. The van der Waals surface area contributed by atoms with Crippen LogP contribution in [-0.2, 0) is 15.6 Å². The van der Waals surface area contributed by atoms with Crippen LogP contribution in [0.2, 0.25) is 5.02 Å². The Morgan fingerprint density at radius 1 is 1.19 bits per heavy atom. The molecule has 0 aliphatic rings. The highest BCUT2D eigenvalue weighted by molar-refractivity contribution is 7.90. The van der Waals surface area contributed by atoms with Gasteiger partial charge >= 0.3 is 0 Å². The monoisotopic (exact) mass is 321 g/mol. The molecule has 21 heavy (non-hydrogen) atoms. The van der Waals surface area contributed by atoms with E-state index in [1.54, 1.807) is 12.1 Å². The van der Waals surface area contributed by atoms with E-state index in [-0.39, 0.29) is 10.6 Å². The number of methoxy groups -OCH3 is 1. The maximum Gasteiger partial charge on any atom is 0.182 e. The molecule has 0 N–H and O–H groups in total. The van der Waals surface area contributed by atoms with Gasteiger partial charge < -0.3 is 4.74 Å². The largest absolute Gasteiger partial charge is 0.495 e. The number of hydrogen-bond donors (Lipinski definition) is 0. The van der Waals surface area contributed by atoms with Gasteiger partial charge in [-0.25, -0.2) is 8.42 Å². The van der Waals surface area contributed by atoms with E-state index in [1.807, 2.05) is 6.07 Å². The van der Waals surface area contributed by atoms with E-state index in [0.717, 1.165) is 0 Å². The third-order valence-electron chi connectivity index (χ3n) is 2.91. The summed E-state index contributed by atoms with van der Waals surface area (Å²) in [4.78, 5) is 0.196. The van der Waals surface area contributed by atoms with Crippen LogP contribution in [0.1, 0.15) is 11.1 Å². The number of nitrogens with zero attached hydrogens (tertiary/aromatic N) is 1. The number of sulfone groups is 1. The number of rotatable bonds is 4. The minimum atomic E-state index is -3.48. The van der Waals surface area contributed by atoms with Gasteiger partial charge in [-0.3, -0.25) is 0 Å². The van der Waals surface area contributed by atoms with Crippen LogP contribution in [0.25, 0.3) is 0 Å². The van der Waals surface area contributed by atoms with Crippen molar-refractivity contribution < 1.29 is 13.2 Å². The zero-order valence-corrected chi connectivity index (χ0v) is 12.8. The van der Waals surface area contributed by atoms with Gasteiger partial charge in [0.2, 0.25) is 0 Å². The van der Waals surface area contributed by atoms with Crippen molar-refractivity contribution >= 4 is 21.4 Å². The quantitative estimate of drug-likeness (QED) is 0.867. The van der Waals surface area contributed by atoms with Gasteiger partial charge in [0.05, 0.1) is 23.3 Å². The summed E-state index contributed by atoms with van der Waals surface area (Å²) in [6.45, 7) is 0. The Morgan fingerprint density at radius 2 is 1.86 bits per heavy atom. The number of ether oxygens (including phenoxy) is 1. The highest BCUT2D eigenvalue weighted by atomic mass is 35.5. The molecule has 0 spiro atoms. The fourth-order valence-corrected chi connectivity index (χ4v) is 3.34. The van der Waals surface area contributed by atoms with Crippen LogP contribution in [0.4, 0.5) is 0 Å². The van der Waals surface area contributed by atoms with Crippen molar-refractivity contribution in [3.63, 3.8) is 0 Å². The lowest BCUT2D eigenvalue weighted by atomic mass is 10.1. The van der Waals surface area contributed by atoms with E-state index >= 15 is 0 Å². The third-order valence-corrected chi connectivity index (χ3v) is 4.87. The molecule has 0 fully saturated rings. The second-order valence-electron chi connectivity index (χ2n) is 4.36. The summed E-state index contributed by atoms with van der Waals surface area (Å²) >= 11 is 5.75. The number of halogens is 1. The van der Waals surface area contributed by atoms with Crippen LogP contribution >= 0.6 is 11.6 Å². The van der Waals surface area contributed by atoms with E-state index in [2.05, 4.69) is 0 Å². The first-order valence-corrected chi connectivity index (χ1v) is 8.04. The molecule has 0 atom stereocenters. The topological polar surface area (TPSA) is 67.2 Å². The first-order valence-electron chi connectivity index (χ1n) is 6.01. The highest BCUT2D eigenvalue weighted by Crippen LogP contribution is 2.23. The summed E-state index contributed by atoms with van der Waals surface area (Å²) in [5.41, 5.74) is 0.837. The van der Waals surface area contributed by atoms with E-state index in [0.29, 0.717) is 21.9 Å². The molecular formula is C15H12ClNO3S. The molecule has 2 rings (SSSR count). The van der Waals surface area contributed by atoms with Crippen molar-refractivity contribution in [1.29, 1.82) is 5.26 Å². The van der Waals surface area contributed by atoms with Gasteiger partial charge in [0, 0.05) is 5.02 Å². The summed E-state index contributed by atoms with van der Waals surface area (Å²) in [5.74, 6) is 0.234. The van der Waals surface area contributed by atoms with Crippen molar-refractivity contribution in [2.45, 2.75) is 10.6 Å². The summed E-state index contributed by atoms with van der Waals surface area (Å²) in [5, 5.41) is 9.50. The standard InChI is InChI=1S/C15H12ClNO3S/c1-20-15-7-2-11(8-12(15)9-17)10-21(18,19)14-5-3-13(16)4-6-14/h2-8H,10H2,1H3. The normalized spacial score (nSPS) is 10.9. The summed E-state index contributed by atoms with van der Waals surface area (Å²) in [6, 6.07) is 12.7. The molecule has 0 bridgehead atoms. The van der Waals surface area contributed by atoms with E-state index < -0.39 is 9.84 Å². The smallest absolute Gasteiger partial charge is 0.182 e. The minimum absolute atomic E-state index is 0.187. The van der Waals surface area contributed by atoms with Crippen LogP contribution in [-0.4, -0.2) is 15.5 Å². The first-order chi connectivity index (χ1) is 9.96. The van der Waals surface area contributed by atoms with Crippen molar-refractivity contribution in [3.8, 4) is 11.8 Å². The third kappa shape index (κ3) is 3.54. The molecule has 2 aromatic carbocycles. The lowest BCUT2D eigenvalue weighted by molar-refractivity contribution is 0.413. The van der Waals surface area contributed by atoms with Crippen LogP contribution in [0.3, 0.4) is 0 Å². The van der Waals surface area contributed by atoms with Gasteiger partial charge in [-0.2, -0.15) is 5.26 Å². The van der Waals surface area contributed by atoms with Crippen LogP contribution in [0, 0.1) is 11.3 Å². The van der Waals surface area contributed by atoms with Gasteiger partial charge in [-0.1, -0.05) is 17.7 Å². The first kappa shape index (κ1) is 15.4. The average molecular weight is 322 g/mol. The lowest BCUT2D eigenvalue weighted by Gasteiger charge is -2.07. The van der Waals surface area contributed by atoms with E-state index in [1.165, 1.54) is 37.4 Å². The molecule has 0 unspecified atom stereocenters. The molecule has 0 aromatic heterocycles. The van der Waals surface area contributed by atoms with Gasteiger partial charge in [0.1, 0.15) is 11.8 Å². The molecule has 0 aliphatic heterocycles. The molecule has 4 nitrogen and oxygen atoms in total. The number of benzene rings is 2. The van der Waals surface area contributed by atoms with Crippen molar-refractivity contribution in [1.82, 2.24) is 0 Å². The zero-order chi connectivity index (χ0) is 15.5. The van der Waals surface area contributed by atoms with E-state index in [9.17, 15) is 8.42 Å². The molecule has 6 heteroatoms. The predicted octanol–water partition coefficient (Wildman–Crippen LogP) is 3.19. The van der Waals surface area contributed by atoms with Crippen molar-refractivity contribution in [2.75, 3.05) is 7.11 Å². The molecule has 0 amide bonds. The van der Waals surface area contributed by atoms with Crippen molar-refractivity contribution in [3.05, 3.63) is 58.6 Å². The minimum Gasteiger partial charge on any atom is -0.495 e. The zero-order valence-electron chi connectivity index (χ0n) is 11.2. The molecule has 0 saturated carbocycles. The van der Waals surface area contributed by atoms with Gasteiger partial charge in [0.15, 0.2) is 9.84 Å². The van der Waals surface area contributed by atoms with Crippen LogP contribution in [0.5, 0.6) is 5.75 Å². The Hall–Kier alpha value is -2.03. The fourth-order valence-electron chi connectivity index (χ4n) is 1.88. The average Bonchev–Trinajstić information content (AvgIpc) is 2.47. The van der Waals surface area contributed by atoms with E-state index in [4.69, 9.17) is 21.6 Å². The SMILES string of the molecule is COc1ccc(CS(=O)(=O)c2ccc(Cl)cc2)cc1C#N. The Balaban J connectivity index is 2.33. The number of nitriles is 1. The Labute approximate surface area is 128 Å². The second-order valence-corrected chi connectivity index (χ2v) is 6.79. The highest BCUT2D eigenvalue weighted by Gasteiger charge is 2.16. The molecule has 0 aliphatic carbocycles. The fraction of sp³-hybridized carbons (Fsp3) is 0.133. The lowest BCUT2D eigenvalue weighted by Crippen LogP contribution is -2.05. The van der Waals surface area contributed by atoms with Crippen LogP contribution < -0.4 is 4.74 Å². The summed E-state index contributed by atoms with van der Waals surface area (Å²) in [7, 11) is -2.02. The maximum atomic E-state index is 12.3. The van der Waals surface area contributed by atoms with Gasteiger partial charge in [-0.15, -0.1) is 0 Å². The summed E-state index contributed by atoms with van der Waals surface area (Å²) in [6.07, 6.45) is 0. The van der Waals surface area contributed by atoms with Crippen molar-refractivity contribution in [2.24, 2.45) is 0 Å².